The van der Waals surface area contributed by atoms with Gasteiger partial charge in [0.25, 0.3) is 0 Å². The van der Waals surface area contributed by atoms with E-state index in [-0.39, 0.29) is 30.7 Å². The Bertz CT molecular complexity index is 1020. The summed E-state index contributed by atoms with van der Waals surface area (Å²) in [7, 11) is 0. The largest absolute Gasteiger partial charge is 0.467 e. The van der Waals surface area contributed by atoms with E-state index in [0.29, 0.717) is 45.6 Å². The van der Waals surface area contributed by atoms with Crippen molar-refractivity contribution in [1.82, 2.24) is 0 Å². The number of fused-ring (bicyclic) bond motifs is 2. The molecule has 6 nitrogen and oxygen atoms in total. The lowest BCUT2D eigenvalue weighted by Crippen LogP contribution is -2.12. The summed E-state index contributed by atoms with van der Waals surface area (Å²) in [5.74, 6) is 0.916. The summed E-state index contributed by atoms with van der Waals surface area (Å²) in [6.45, 7) is 3.97. The van der Waals surface area contributed by atoms with E-state index in [1.165, 1.54) is 0 Å². The molecule has 0 radical (unpaired) electrons. The second-order valence-electron chi connectivity index (χ2n) is 6.43. The fraction of sp³-hybridized carbons (Fsp3) is 0.238. The van der Waals surface area contributed by atoms with Gasteiger partial charge in [0.15, 0.2) is 12.6 Å². The quantitative estimate of drug-likeness (QED) is 0.430. The van der Waals surface area contributed by atoms with E-state index in [1.54, 1.807) is 44.2 Å². The number of rotatable bonds is 3. The summed E-state index contributed by atoms with van der Waals surface area (Å²) < 4.78 is 22.0. The highest BCUT2D eigenvalue weighted by molar-refractivity contribution is 6.31. The summed E-state index contributed by atoms with van der Waals surface area (Å²) in [6.07, 6.45) is 1.86. The van der Waals surface area contributed by atoms with Crippen LogP contribution >= 0.6 is 11.6 Å². The van der Waals surface area contributed by atoms with Crippen molar-refractivity contribution < 1.29 is 28.5 Å². The lowest BCUT2D eigenvalue weighted by atomic mass is 10.0. The van der Waals surface area contributed by atoms with Gasteiger partial charge < -0.3 is 18.9 Å². The average Bonchev–Trinajstić information content (AvgIpc) is 3.00. The Kier molecular flexibility index (Phi) is 4.83. The highest BCUT2D eigenvalue weighted by Gasteiger charge is 2.31. The summed E-state index contributed by atoms with van der Waals surface area (Å²) in [5, 5.41) is 0.507. The Morgan fingerprint density at radius 3 is 2.89 bits per heavy atom. The first-order valence-corrected chi connectivity index (χ1v) is 9.17. The summed E-state index contributed by atoms with van der Waals surface area (Å²) in [4.78, 5) is 24.4. The van der Waals surface area contributed by atoms with Gasteiger partial charge in [0.2, 0.25) is 5.78 Å². The molecule has 0 saturated carbocycles. The maximum absolute atomic E-state index is 12.8. The molecule has 0 unspecified atom stereocenters. The van der Waals surface area contributed by atoms with Gasteiger partial charge in [-0.1, -0.05) is 18.5 Å². The number of Topliss-reactive ketones (excluding diaryl/α,β-unsaturated/α-hetero) is 1. The fourth-order valence-corrected chi connectivity index (χ4v) is 3.38. The van der Waals surface area contributed by atoms with E-state index in [2.05, 4.69) is 0 Å². The zero-order chi connectivity index (χ0) is 19.8. The number of hydrogen-bond acceptors (Lipinski definition) is 6. The number of ether oxygens (including phenoxy) is 4. The van der Waals surface area contributed by atoms with Crippen LogP contribution in [0.25, 0.3) is 6.08 Å². The predicted octanol–water partition coefficient (Wildman–Crippen LogP) is 4.45. The molecular weight excluding hydrogens is 384 g/mol. The maximum Gasteiger partial charge on any atom is 0.310 e. The molecule has 2 aromatic rings. The minimum absolute atomic E-state index is 0.130. The molecule has 2 aromatic carbocycles. The van der Waals surface area contributed by atoms with Crippen molar-refractivity contribution in [1.29, 1.82) is 0 Å². The van der Waals surface area contributed by atoms with Crippen LogP contribution in [-0.2, 0) is 16.1 Å². The molecule has 7 heteroatoms. The molecule has 0 fully saturated rings. The molecule has 0 aliphatic carbocycles. The normalized spacial score (nSPS) is 16.2. The van der Waals surface area contributed by atoms with E-state index < -0.39 is 0 Å². The smallest absolute Gasteiger partial charge is 0.310 e. The van der Waals surface area contributed by atoms with Crippen LogP contribution < -0.4 is 14.2 Å². The first-order chi connectivity index (χ1) is 13.5. The third-order valence-corrected chi connectivity index (χ3v) is 4.76. The Balaban J connectivity index is 1.71. The van der Waals surface area contributed by atoms with Gasteiger partial charge >= 0.3 is 5.97 Å². The van der Waals surface area contributed by atoms with Crippen molar-refractivity contribution in [3.8, 4) is 17.2 Å². The summed E-state index contributed by atoms with van der Waals surface area (Å²) in [6, 6.07) is 6.68. The minimum atomic E-state index is -0.354. The van der Waals surface area contributed by atoms with Gasteiger partial charge in [0.1, 0.15) is 17.2 Å². The van der Waals surface area contributed by atoms with Gasteiger partial charge in [-0.15, -0.1) is 0 Å². The molecule has 0 N–H and O–H groups in total. The van der Waals surface area contributed by atoms with E-state index in [1.807, 2.05) is 0 Å². The Morgan fingerprint density at radius 2 is 2.11 bits per heavy atom. The maximum atomic E-state index is 12.8. The third-order valence-electron chi connectivity index (χ3n) is 4.54. The number of carbonyl (C=O) groups excluding carboxylic acids is 2. The molecule has 0 bridgehead atoms. The highest BCUT2D eigenvalue weighted by Crippen LogP contribution is 2.40. The number of hydrogen-bond donors (Lipinski definition) is 0. The topological polar surface area (TPSA) is 71.1 Å². The van der Waals surface area contributed by atoms with Crippen LogP contribution in [0, 0.1) is 6.92 Å². The molecule has 0 saturated heterocycles. The molecule has 144 valence electrons. The Hall–Kier alpha value is -2.83. The first-order valence-electron chi connectivity index (χ1n) is 8.79. The lowest BCUT2D eigenvalue weighted by molar-refractivity contribution is -0.134. The lowest BCUT2D eigenvalue weighted by Gasteiger charge is -2.20. The van der Waals surface area contributed by atoms with Crippen LogP contribution in [-0.4, -0.2) is 18.5 Å². The number of allylic oxidation sites excluding steroid dienone is 1. The second-order valence-corrected chi connectivity index (χ2v) is 6.86. The SMILES string of the molecule is CCC(=O)Oc1ccc2c(c1C)O/C(=C\c1cc(Cl)cc3c1OCOC3)C2=O. The molecule has 2 aliphatic heterocycles. The molecule has 0 atom stereocenters. The van der Waals surface area contributed by atoms with Crippen molar-refractivity contribution in [3.05, 3.63) is 57.3 Å². The van der Waals surface area contributed by atoms with Crippen molar-refractivity contribution >= 4 is 29.4 Å². The van der Waals surface area contributed by atoms with Crippen LogP contribution in [0.15, 0.2) is 30.0 Å². The van der Waals surface area contributed by atoms with E-state index >= 15 is 0 Å². The van der Waals surface area contributed by atoms with Crippen molar-refractivity contribution in [2.24, 2.45) is 0 Å². The second kappa shape index (κ2) is 7.30. The number of esters is 1. The molecule has 2 aliphatic rings. The first kappa shape index (κ1) is 18.5. The average molecular weight is 401 g/mol. The van der Waals surface area contributed by atoms with Crippen LogP contribution in [0.2, 0.25) is 5.02 Å². The van der Waals surface area contributed by atoms with E-state index in [4.69, 9.17) is 30.5 Å². The minimum Gasteiger partial charge on any atom is -0.467 e. The number of carbonyl (C=O) groups is 2. The third kappa shape index (κ3) is 3.25. The van der Waals surface area contributed by atoms with Gasteiger partial charge in [-0.3, -0.25) is 9.59 Å². The number of halogens is 1. The monoisotopic (exact) mass is 400 g/mol. The summed E-state index contributed by atoms with van der Waals surface area (Å²) in [5.41, 5.74) is 2.45. The van der Waals surface area contributed by atoms with Crippen LogP contribution in [0.4, 0.5) is 0 Å². The predicted molar refractivity (Wildman–Crippen MR) is 102 cm³/mol. The summed E-state index contributed by atoms with van der Waals surface area (Å²) >= 11 is 6.19. The van der Waals surface area contributed by atoms with Gasteiger partial charge in [-0.05, 0) is 37.3 Å². The zero-order valence-electron chi connectivity index (χ0n) is 15.3. The van der Waals surface area contributed by atoms with Crippen molar-refractivity contribution in [3.63, 3.8) is 0 Å². The molecule has 0 amide bonds. The number of benzene rings is 2. The standard InChI is InChI=1S/C21H17ClO6/c1-3-18(23)27-16-5-4-15-19(24)17(28-20(15)11(16)2)8-12-6-14(22)7-13-9-25-10-26-21(12)13/h4-8H,3,9-10H2,1-2H3/b17-8-. The van der Waals surface area contributed by atoms with Crippen LogP contribution in [0.1, 0.15) is 40.4 Å². The van der Waals surface area contributed by atoms with Gasteiger partial charge in [-0.25, -0.2) is 0 Å². The molecule has 28 heavy (non-hydrogen) atoms. The molecular formula is C21H17ClO6. The highest BCUT2D eigenvalue weighted by atomic mass is 35.5. The fourth-order valence-electron chi connectivity index (χ4n) is 3.13. The van der Waals surface area contributed by atoms with Gasteiger partial charge in [0.05, 0.1) is 12.2 Å². The number of ketones is 1. The van der Waals surface area contributed by atoms with Crippen LogP contribution in [0.3, 0.4) is 0 Å². The van der Waals surface area contributed by atoms with Crippen LogP contribution in [0.5, 0.6) is 17.2 Å². The molecule has 4 rings (SSSR count). The van der Waals surface area contributed by atoms with Crippen molar-refractivity contribution in [2.45, 2.75) is 26.9 Å². The zero-order valence-corrected chi connectivity index (χ0v) is 16.1. The molecule has 0 spiro atoms. The van der Waals surface area contributed by atoms with Crippen molar-refractivity contribution in [2.75, 3.05) is 6.79 Å². The molecule has 2 heterocycles. The Morgan fingerprint density at radius 1 is 1.29 bits per heavy atom. The van der Waals surface area contributed by atoms with Gasteiger partial charge in [0, 0.05) is 28.1 Å². The molecule has 0 aromatic heterocycles. The van der Waals surface area contributed by atoms with Gasteiger partial charge in [-0.2, -0.15) is 0 Å². The van der Waals surface area contributed by atoms with E-state index in [0.717, 1.165) is 5.56 Å². The van der Waals surface area contributed by atoms with E-state index in [9.17, 15) is 9.59 Å². The Labute approximate surface area is 166 Å².